The molecule has 0 spiro atoms. The highest BCUT2D eigenvalue weighted by Crippen LogP contribution is 2.20. The normalized spacial score (nSPS) is 10.7. The van der Waals surface area contributed by atoms with E-state index in [2.05, 4.69) is 27.6 Å². The summed E-state index contributed by atoms with van der Waals surface area (Å²) in [4.78, 5) is 12.2. The number of aromatic nitrogens is 3. The maximum absolute atomic E-state index is 12.2. The predicted molar refractivity (Wildman–Crippen MR) is 106 cm³/mol. The fraction of sp³-hybridized carbons (Fsp3) is 0.211. The van der Waals surface area contributed by atoms with Gasteiger partial charge in [-0.3, -0.25) is 4.79 Å². The maximum Gasteiger partial charge on any atom is 0.234 e. The van der Waals surface area contributed by atoms with E-state index >= 15 is 0 Å². The molecule has 0 saturated heterocycles. The molecule has 1 heterocycles. The average Bonchev–Trinajstić information content (AvgIpc) is 3.02. The SMILES string of the molecule is CCn1c(Cc2ccccc2)nnc1SCC(=O)Nc1cccc(Cl)c1. The van der Waals surface area contributed by atoms with Gasteiger partial charge in [0.2, 0.25) is 5.91 Å². The zero-order valence-corrected chi connectivity index (χ0v) is 15.9. The summed E-state index contributed by atoms with van der Waals surface area (Å²) in [5.41, 5.74) is 1.87. The lowest BCUT2D eigenvalue weighted by molar-refractivity contribution is -0.113. The first kappa shape index (κ1) is 18.5. The van der Waals surface area contributed by atoms with Crippen LogP contribution in [-0.4, -0.2) is 26.4 Å². The predicted octanol–water partition coefficient (Wildman–Crippen LogP) is 4.27. The van der Waals surface area contributed by atoms with E-state index in [1.807, 2.05) is 29.7 Å². The van der Waals surface area contributed by atoms with Crippen LogP contribution in [0.15, 0.2) is 59.8 Å². The number of hydrogen-bond donors (Lipinski definition) is 1. The topological polar surface area (TPSA) is 59.8 Å². The molecule has 0 saturated carbocycles. The number of rotatable bonds is 7. The first-order valence-corrected chi connectivity index (χ1v) is 9.66. The Labute approximate surface area is 161 Å². The fourth-order valence-corrected chi connectivity index (χ4v) is 3.56. The number of carbonyl (C=O) groups is 1. The van der Waals surface area contributed by atoms with Crippen LogP contribution in [0.25, 0.3) is 0 Å². The van der Waals surface area contributed by atoms with Gasteiger partial charge in [-0.1, -0.05) is 59.8 Å². The first-order chi connectivity index (χ1) is 12.7. The molecule has 1 N–H and O–H groups in total. The zero-order valence-electron chi connectivity index (χ0n) is 14.4. The summed E-state index contributed by atoms with van der Waals surface area (Å²) in [5.74, 6) is 1.06. The monoisotopic (exact) mass is 386 g/mol. The minimum absolute atomic E-state index is 0.104. The van der Waals surface area contributed by atoms with Crippen LogP contribution in [0.3, 0.4) is 0 Å². The van der Waals surface area contributed by atoms with Crippen molar-refractivity contribution in [2.45, 2.75) is 25.0 Å². The Morgan fingerprint density at radius 1 is 1.15 bits per heavy atom. The number of benzene rings is 2. The number of thioether (sulfide) groups is 1. The molecule has 0 fully saturated rings. The Bertz CT molecular complexity index is 882. The highest BCUT2D eigenvalue weighted by molar-refractivity contribution is 7.99. The lowest BCUT2D eigenvalue weighted by Gasteiger charge is -2.08. The van der Waals surface area contributed by atoms with Gasteiger partial charge in [0.05, 0.1) is 5.75 Å². The summed E-state index contributed by atoms with van der Waals surface area (Å²) >= 11 is 7.31. The van der Waals surface area contributed by atoms with Crippen LogP contribution in [0.1, 0.15) is 18.3 Å². The Hall–Kier alpha value is -2.31. The lowest BCUT2D eigenvalue weighted by Crippen LogP contribution is -2.14. The summed E-state index contributed by atoms with van der Waals surface area (Å²) in [6, 6.07) is 17.2. The number of nitrogens with zero attached hydrogens (tertiary/aromatic N) is 3. The van der Waals surface area contributed by atoms with Crippen molar-refractivity contribution in [3.63, 3.8) is 0 Å². The molecule has 1 amide bonds. The fourth-order valence-electron chi connectivity index (χ4n) is 2.55. The Morgan fingerprint density at radius 3 is 2.69 bits per heavy atom. The molecule has 3 aromatic rings. The smallest absolute Gasteiger partial charge is 0.234 e. The third-order valence-corrected chi connectivity index (χ3v) is 4.96. The van der Waals surface area contributed by atoms with Crippen molar-refractivity contribution in [2.75, 3.05) is 11.1 Å². The number of halogens is 1. The zero-order chi connectivity index (χ0) is 18.4. The third-order valence-electron chi connectivity index (χ3n) is 3.76. The molecule has 7 heteroatoms. The summed E-state index contributed by atoms with van der Waals surface area (Å²) < 4.78 is 2.05. The molecule has 26 heavy (non-hydrogen) atoms. The highest BCUT2D eigenvalue weighted by atomic mass is 35.5. The second kappa shape index (κ2) is 8.87. The lowest BCUT2D eigenvalue weighted by atomic mass is 10.1. The molecule has 0 radical (unpaired) electrons. The number of hydrogen-bond acceptors (Lipinski definition) is 4. The maximum atomic E-state index is 12.2. The molecule has 5 nitrogen and oxygen atoms in total. The van der Waals surface area contributed by atoms with Crippen molar-refractivity contribution in [3.8, 4) is 0 Å². The second-order valence-electron chi connectivity index (χ2n) is 5.65. The van der Waals surface area contributed by atoms with E-state index in [0.29, 0.717) is 10.7 Å². The van der Waals surface area contributed by atoms with Gasteiger partial charge >= 0.3 is 0 Å². The van der Waals surface area contributed by atoms with Crippen LogP contribution in [0.5, 0.6) is 0 Å². The van der Waals surface area contributed by atoms with E-state index < -0.39 is 0 Å². The van der Waals surface area contributed by atoms with Gasteiger partial charge in [0, 0.05) is 23.7 Å². The molecule has 0 aliphatic carbocycles. The van der Waals surface area contributed by atoms with Crippen molar-refractivity contribution in [3.05, 3.63) is 71.0 Å². The molecule has 1 aromatic heterocycles. The van der Waals surface area contributed by atoms with Gasteiger partial charge in [0.15, 0.2) is 5.16 Å². The molecule has 0 atom stereocenters. The summed E-state index contributed by atoms with van der Waals surface area (Å²) in [6.07, 6.45) is 0.719. The second-order valence-corrected chi connectivity index (χ2v) is 7.03. The Kier molecular flexibility index (Phi) is 6.30. The Morgan fingerprint density at radius 2 is 1.96 bits per heavy atom. The van der Waals surface area contributed by atoms with Gasteiger partial charge in [0.1, 0.15) is 5.82 Å². The molecule has 0 aliphatic rings. The van der Waals surface area contributed by atoms with Crippen LogP contribution in [-0.2, 0) is 17.8 Å². The van der Waals surface area contributed by atoms with Gasteiger partial charge < -0.3 is 9.88 Å². The van der Waals surface area contributed by atoms with Gasteiger partial charge in [-0.25, -0.2) is 0 Å². The average molecular weight is 387 g/mol. The van der Waals surface area contributed by atoms with E-state index in [1.54, 1.807) is 24.3 Å². The van der Waals surface area contributed by atoms with Crippen LogP contribution in [0.4, 0.5) is 5.69 Å². The standard InChI is InChI=1S/C19H19ClN4OS/c1-2-24-17(11-14-7-4-3-5-8-14)22-23-19(24)26-13-18(25)21-16-10-6-9-15(20)12-16/h3-10,12H,2,11,13H2,1H3,(H,21,25). The summed E-state index contributed by atoms with van der Waals surface area (Å²) in [5, 5.41) is 12.7. The molecular weight excluding hydrogens is 368 g/mol. The van der Waals surface area contributed by atoms with Crippen LogP contribution >= 0.6 is 23.4 Å². The van der Waals surface area contributed by atoms with Crippen molar-refractivity contribution in [1.29, 1.82) is 0 Å². The van der Waals surface area contributed by atoms with Gasteiger partial charge in [-0.15, -0.1) is 10.2 Å². The van der Waals surface area contributed by atoms with Crippen LogP contribution in [0, 0.1) is 0 Å². The van der Waals surface area contributed by atoms with Crippen molar-refractivity contribution in [1.82, 2.24) is 14.8 Å². The van der Waals surface area contributed by atoms with Crippen molar-refractivity contribution >= 4 is 35.0 Å². The Balaban J connectivity index is 1.62. The van der Waals surface area contributed by atoms with E-state index in [0.717, 1.165) is 23.9 Å². The third kappa shape index (κ3) is 4.86. The van der Waals surface area contributed by atoms with Gasteiger partial charge in [-0.05, 0) is 30.7 Å². The first-order valence-electron chi connectivity index (χ1n) is 8.30. The van der Waals surface area contributed by atoms with Crippen LogP contribution in [0.2, 0.25) is 5.02 Å². The molecule has 0 aliphatic heterocycles. The molecular formula is C19H19ClN4OS. The number of anilines is 1. The highest BCUT2D eigenvalue weighted by Gasteiger charge is 2.13. The summed E-state index contributed by atoms with van der Waals surface area (Å²) in [7, 11) is 0. The van der Waals surface area contributed by atoms with Crippen molar-refractivity contribution in [2.24, 2.45) is 0 Å². The minimum atomic E-state index is -0.104. The molecule has 134 valence electrons. The van der Waals surface area contributed by atoms with Gasteiger partial charge in [0.25, 0.3) is 0 Å². The largest absolute Gasteiger partial charge is 0.325 e. The van der Waals surface area contributed by atoms with E-state index in [9.17, 15) is 4.79 Å². The molecule has 2 aromatic carbocycles. The van der Waals surface area contributed by atoms with Crippen LogP contribution < -0.4 is 5.32 Å². The number of carbonyl (C=O) groups excluding carboxylic acids is 1. The van der Waals surface area contributed by atoms with Crippen molar-refractivity contribution < 1.29 is 4.79 Å². The quantitative estimate of drug-likeness (QED) is 0.616. The van der Waals surface area contributed by atoms with E-state index in [-0.39, 0.29) is 11.7 Å². The molecule has 0 bridgehead atoms. The minimum Gasteiger partial charge on any atom is -0.325 e. The van der Waals surface area contributed by atoms with E-state index in [1.165, 1.54) is 17.3 Å². The van der Waals surface area contributed by atoms with E-state index in [4.69, 9.17) is 11.6 Å². The number of nitrogens with one attached hydrogen (secondary N) is 1. The molecule has 3 rings (SSSR count). The summed E-state index contributed by atoms with van der Waals surface area (Å²) in [6.45, 7) is 2.81. The van der Waals surface area contributed by atoms with Gasteiger partial charge in [-0.2, -0.15) is 0 Å². The number of amides is 1. The molecule has 0 unspecified atom stereocenters.